The average Bonchev–Trinajstić information content (AvgIpc) is 2.82. The predicted molar refractivity (Wildman–Crippen MR) is 83.7 cm³/mol. The van der Waals surface area contributed by atoms with E-state index in [4.69, 9.17) is 0 Å². The first kappa shape index (κ1) is 14.1. The monoisotopic (exact) mass is 258 g/mol. The lowest BCUT2D eigenvalue weighted by Gasteiger charge is -2.14. The molecule has 0 saturated heterocycles. The van der Waals surface area contributed by atoms with Crippen LogP contribution >= 0.6 is 0 Å². The first-order valence-corrected chi connectivity index (χ1v) is 7.56. The van der Waals surface area contributed by atoms with E-state index in [1.807, 2.05) is 0 Å². The van der Waals surface area contributed by atoms with Gasteiger partial charge in [0.2, 0.25) is 0 Å². The summed E-state index contributed by atoms with van der Waals surface area (Å²) in [5.74, 6) is 0. The number of benzene rings is 1. The highest BCUT2D eigenvalue weighted by Crippen LogP contribution is 2.20. The Balaban J connectivity index is 2.05. The Morgan fingerprint density at radius 1 is 1.21 bits per heavy atom. The molecule has 2 heteroatoms. The number of para-hydroxylation sites is 1. The maximum absolute atomic E-state index is 3.60. The molecular formula is C17H26N2. The van der Waals surface area contributed by atoms with Crippen LogP contribution in [0.1, 0.15) is 39.2 Å². The van der Waals surface area contributed by atoms with Crippen LogP contribution < -0.4 is 5.32 Å². The Bertz CT molecular complexity index is 513. The van der Waals surface area contributed by atoms with E-state index in [1.54, 1.807) is 0 Å². The van der Waals surface area contributed by atoms with Gasteiger partial charge in [-0.2, -0.15) is 0 Å². The second-order valence-corrected chi connectivity index (χ2v) is 5.36. The van der Waals surface area contributed by atoms with E-state index < -0.39 is 0 Å². The Hall–Kier alpha value is -1.28. The summed E-state index contributed by atoms with van der Waals surface area (Å²) in [6.45, 7) is 8.84. The summed E-state index contributed by atoms with van der Waals surface area (Å²) in [7, 11) is 0. The van der Waals surface area contributed by atoms with E-state index in [9.17, 15) is 0 Å². The van der Waals surface area contributed by atoms with E-state index in [0.29, 0.717) is 6.04 Å². The number of nitrogens with one attached hydrogen (secondary N) is 1. The fraction of sp³-hybridized carbons (Fsp3) is 0.529. The van der Waals surface area contributed by atoms with Crippen LogP contribution in [0.25, 0.3) is 10.9 Å². The highest BCUT2D eigenvalue weighted by molar-refractivity contribution is 5.83. The summed E-state index contributed by atoms with van der Waals surface area (Å²) in [6.07, 6.45) is 5.82. The number of fused-ring (bicyclic) bond motifs is 1. The van der Waals surface area contributed by atoms with E-state index in [0.717, 1.165) is 19.5 Å². The van der Waals surface area contributed by atoms with Crippen LogP contribution in [-0.2, 0) is 13.0 Å². The Morgan fingerprint density at radius 2 is 2.05 bits per heavy atom. The van der Waals surface area contributed by atoms with Gasteiger partial charge >= 0.3 is 0 Å². The van der Waals surface area contributed by atoms with Crippen molar-refractivity contribution >= 4 is 10.9 Å². The minimum atomic E-state index is 0.623. The molecule has 1 atom stereocenters. The number of aryl methyl sites for hydroxylation is 1. The quantitative estimate of drug-likeness (QED) is 0.795. The van der Waals surface area contributed by atoms with Crippen molar-refractivity contribution in [3.8, 4) is 0 Å². The molecule has 0 radical (unpaired) electrons. The molecule has 1 aromatic heterocycles. The van der Waals surface area contributed by atoms with Crippen molar-refractivity contribution < 1.29 is 0 Å². The minimum Gasteiger partial charge on any atom is -0.346 e. The van der Waals surface area contributed by atoms with Crippen molar-refractivity contribution in [1.29, 1.82) is 0 Å². The zero-order valence-electron chi connectivity index (χ0n) is 12.4. The molecule has 0 aliphatic carbocycles. The number of aromatic nitrogens is 1. The molecule has 2 nitrogen and oxygen atoms in total. The molecule has 0 spiro atoms. The molecule has 104 valence electrons. The summed E-state index contributed by atoms with van der Waals surface area (Å²) < 4.78 is 2.39. The Labute approximate surface area is 116 Å². The van der Waals surface area contributed by atoms with E-state index in [1.165, 1.54) is 29.3 Å². The van der Waals surface area contributed by atoms with Gasteiger partial charge in [-0.3, -0.25) is 0 Å². The topological polar surface area (TPSA) is 17.0 Å². The zero-order chi connectivity index (χ0) is 13.7. The van der Waals surface area contributed by atoms with Gasteiger partial charge in [-0.15, -0.1) is 0 Å². The predicted octanol–water partition coefficient (Wildman–Crippen LogP) is 3.98. The fourth-order valence-electron chi connectivity index (χ4n) is 2.78. The van der Waals surface area contributed by atoms with E-state index >= 15 is 0 Å². The zero-order valence-corrected chi connectivity index (χ0v) is 12.4. The Kier molecular flexibility index (Phi) is 5.03. The van der Waals surface area contributed by atoms with Gasteiger partial charge in [-0.05, 0) is 36.8 Å². The smallest absolute Gasteiger partial charge is 0.0513 e. The molecule has 1 unspecified atom stereocenters. The molecule has 0 bridgehead atoms. The molecule has 1 heterocycles. The van der Waals surface area contributed by atoms with E-state index in [-0.39, 0.29) is 0 Å². The lowest BCUT2D eigenvalue weighted by molar-refractivity contribution is 0.489. The van der Waals surface area contributed by atoms with Gasteiger partial charge in [-0.25, -0.2) is 0 Å². The van der Waals surface area contributed by atoms with Crippen molar-refractivity contribution in [2.75, 3.05) is 6.54 Å². The molecule has 1 N–H and O–H groups in total. The first-order chi connectivity index (χ1) is 9.26. The van der Waals surface area contributed by atoms with Gasteiger partial charge in [0.1, 0.15) is 0 Å². The second kappa shape index (κ2) is 6.76. The number of hydrogen-bond donors (Lipinski definition) is 1. The van der Waals surface area contributed by atoms with Crippen LogP contribution in [0, 0.1) is 0 Å². The molecule has 19 heavy (non-hydrogen) atoms. The molecule has 0 fully saturated rings. The summed E-state index contributed by atoms with van der Waals surface area (Å²) >= 11 is 0. The normalized spacial score (nSPS) is 13.0. The second-order valence-electron chi connectivity index (χ2n) is 5.36. The highest BCUT2D eigenvalue weighted by atomic mass is 15.0. The van der Waals surface area contributed by atoms with Crippen molar-refractivity contribution in [2.45, 2.75) is 52.6 Å². The number of rotatable bonds is 7. The molecule has 2 rings (SSSR count). The van der Waals surface area contributed by atoms with Crippen LogP contribution in [0.2, 0.25) is 0 Å². The van der Waals surface area contributed by atoms with Gasteiger partial charge in [-0.1, -0.05) is 38.5 Å². The fourth-order valence-corrected chi connectivity index (χ4v) is 2.78. The van der Waals surface area contributed by atoms with E-state index in [2.05, 4.69) is 61.1 Å². The van der Waals surface area contributed by atoms with Gasteiger partial charge < -0.3 is 9.88 Å². The summed E-state index contributed by atoms with van der Waals surface area (Å²) in [5, 5.41) is 4.97. The van der Waals surface area contributed by atoms with Crippen LogP contribution in [0.4, 0.5) is 0 Å². The van der Waals surface area contributed by atoms with Crippen LogP contribution in [0.3, 0.4) is 0 Å². The molecule has 2 aromatic rings. The lowest BCUT2D eigenvalue weighted by Crippen LogP contribution is -2.29. The van der Waals surface area contributed by atoms with Gasteiger partial charge in [0.05, 0.1) is 5.52 Å². The summed E-state index contributed by atoms with van der Waals surface area (Å²) in [5.41, 5.74) is 2.86. The maximum atomic E-state index is 3.60. The van der Waals surface area contributed by atoms with Gasteiger partial charge in [0, 0.05) is 25.3 Å². The number of hydrogen-bond acceptors (Lipinski definition) is 1. The maximum Gasteiger partial charge on any atom is 0.0513 e. The molecular weight excluding hydrogens is 232 g/mol. The molecule has 0 aliphatic rings. The molecule has 1 aromatic carbocycles. The van der Waals surface area contributed by atoms with Gasteiger partial charge in [0.25, 0.3) is 0 Å². The van der Waals surface area contributed by atoms with Crippen molar-refractivity contribution in [1.82, 2.24) is 9.88 Å². The van der Waals surface area contributed by atoms with Gasteiger partial charge in [0.15, 0.2) is 0 Å². The van der Waals surface area contributed by atoms with Crippen LogP contribution in [-0.4, -0.2) is 17.2 Å². The minimum absolute atomic E-state index is 0.623. The first-order valence-electron chi connectivity index (χ1n) is 7.56. The largest absolute Gasteiger partial charge is 0.346 e. The standard InChI is InChI=1S/C17H26N2/c1-4-7-14(3)18-11-13-19-12-10-16-9-6-8-15(5-2)17(16)19/h6,8-10,12,14,18H,4-5,7,11,13H2,1-3H3. The van der Waals surface area contributed by atoms with Crippen molar-refractivity contribution in [3.05, 3.63) is 36.0 Å². The van der Waals surface area contributed by atoms with Crippen molar-refractivity contribution in [3.63, 3.8) is 0 Å². The summed E-state index contributed by atoms with van der Waals surface area (Å²) in [6, 6.07) is 9.46. The number of nitrogens with zero attached hydrogens (tertiary/aromatic N) is 1. The molecule has 0 saturated carbocycles. The van der Waals surface area contributed by atoms with Crippen molar-refractivity contribution in [2.24, 2.45) is 0 Å². The molecule has 0 amide bonds. The SMILES string of the molecule is CCCC(C)NCCn1ccc2cccc(CC)c21. The highest BCUT2D eigenvalue weighted by Gasteiger charge is 2.05. The third-order valence-electron chi connectivity index (χ3n) is 3.82. The third-order valence-corrected chi connectivity index (χ3v) is 3.82. The molecule has 0 aliphatic heterocycles. The van der Waals surface area contributed by atoms with Crippen LogP contribution in [0.5, 0.6) is 0 Å². The van der Waals surface area contributed by atoms with Crippen LogP contribution in [0.15, 0.2) is 30.5 Å². The Morgan fingerprint density at radius 3 is 2.79 bits per heavy atom. The average molecular weight is 258 g/mol. The lowest BCUT2D eigenvalue weighted by atomic mass is 10.1. The third kappa shape index (κ3) is 3.38. The summed E-state index contributed by atoms with van der Waals surface area (Å²) in [4.78, 5) is 0.